The summed E-state index contributed by atoms with van der Waals surface area (Å²) >= 11 is 3.76. The van der Waals surface area contributed by atoms with Gasteiger partial charge in [-0.3, -0.25) is 19.2 Å². The molecular weight excluding hydrogens is 344 g/mol. The van der Waals surface area contributed by atoms with Gasteiger partial charge in [-0.2, -0.15) is 12.6 Å². The number of nitrogens with one attached hydrogen (secondary N) is 3. The molecular formula is C12H20N4O7S. The molecule has 11 nitrogen and oxygen atoms in total. The number of thiol groups is 1. The van der Waals surface area contributed by atoms with Crippen LogP contribution in [0.2, 0.25) is 0 Å². The van der Waals surface area contributed by atoms with Gasteiger partial charge >= 0.3 is 11.9 Å². The molecule has 0 heterocycles. The van der Waals surface area contributed by atoms with Crippen molar-refractivity contribution in [1.82, 2.24) is 16.0 Å². The average Bonchev–Trinajstić information content (AvgIpc) is 2.50. The highest BCUT2D eigenvalue weighted by molar-refractivity contribution is 7.80. The predicted molar refractivity (Wildman–Crippen MR) is 84.3 cm³/mol. The van der Waals surface area contributed by atoms with Gasteiger partial charge in [-0.05, 0) is 6.92 Å². The minimum absolute atomic E-state index is 0.224. The highest BCUT2D eigenvalue weighted by Gasteiger charge is 2.29. The van der Waals surface area contributed by atoms with E-state index < -0.39 is 54.2 Å². The van der Waals surface area contributed by atoms with Crippen LogP contribution in [-0.2, 0) is 24.0 Å². The van der Waals surface area contributed by atoms with Crippen LogP contribution in [0.3, 0.4) is 0 Å². The van der Waals surface area contributed by atoms with Crippen LogP contribution in [0, 0.1) is 0 Å². The van der Waals surface area contributed by atoms with Crippen LogP contribution >= 0.6 is 12.6 Å². The van der Waals surface area contributed by atoms with Crippen molar-refractivity contribution in [3.63, 3.8) is 0 Å². The number of aliphatic carboxylic acids is 2. The Hall–Kier alpha value is -2.34. The van der Waals surface area contributed by atoms with Gasteiger partial charge in [0.25, 0.3) is 0 Å². The van der Waals surface area contributed by atoms with Crippen molar-refractivity contribution in [3.8, 4) is 0 Å². The van der Waals surface area contributed by atoms with Crippen molar-refractivity contribution in [2.45, 2.75) is 31.5 Å². The normalized spacial score (nSPS) is 14.0. The Bertz CT molecular complexity index is 514. The Morgan fingerprint density at radius 1 is 1.00 bits per heavy atom. The van der Waals surface area contributed by atoms with E-state index in [4.69, 9.17) is 15.9 Å². The Morgan fingerprint density at radius 2 is 1.54 bits per heavy atom. The van der Waals surface area contributed by atoms with E-state index in [0.717, 1.165) is 0 Å². The zero-order valence-electron chi connectivity index (χ0n) is 12.8. The molecule has 0 aliphatic rings. The van der Waals surface area contributed by atoms with Crippen LogP contribution in [0.15, 0.2) is 0 Å². The fourth-order valence-corrected chi connectivity index (χ4v) is 1.75. The molecule has 0 aromatic rings. The minimum Gasteiger partial charge on any atom is -0.481 e. The molecule has 136 valence electrons. The molecule has 0 aromatic carbocycles. The van der Waals surface area contributed by atoms with E-state index in [1.54, 1.807) is 0 Å². The van der Waals surface area contributed by atoms with Crippen molar-refractivity contribution < 1.29 is 34.2 Å². The lowest BCUT2D eigenvalue weighted by atomic mass is 10.1. The molecule has 0 saturated carbocycles. The summed E-state index contributed by atoms with van der Waals surface area (Å²) in [7, 11) is 0. The molecule has 0 saturated heterocycles. The molecule has 7 N–H and O–H groups in total. The molecule has 0 aliphatic heterocycles. The first kappa shape index (κ1) is 21.7. The largest absolute Gasteiger partial charge is 0.481 e. The molecule has 0 rings (SSSR count). The zero-order chi connectivity index (χ0) is 18.9. The Morgan fingerprint density at radius 3 is 1.96 bits per heavy atom. The number of carbonyl (C=O) groups excluding carboxylic acids is 3. The molecule has 24 heavy (non-hydrogen) atoms. The summed E-state index contributed by atoms with van der Waals surface area (Å²) in [6.45, 7) is 0.964. The van der Waals surface area contributed by atoms with Crippen molar-refractivity contribution in [1.29, 1.82) is 0 Å². The lowest BCUT2D eigenvalue weighted by Crippen LogP contribution is -2.56. The number of carboxylic acids is 2. The van der Waals surface area contributed by atoms with Crippen LogP contribution < -0.4 is 21.7 Å². The molecule has 12 heteroatoms. The third-order valence-corrected chi connectivity index (χ3v) is 3.13. The Labute approximate surface area is 142 Å². The van der Waals surface area contributed by atoms with Crippen molar-refractivity contribution in [2.75, 3.05) is 12.3 Å². The number of rotatable bonds is 10. The highest BCUT2D eigenvalue weighted by Crippen LogP contribution is 1.98. The van der Waals surface area contributed by atoms with Gasteiger partial charge in [0.1, 0.15) is 18.1 Å². The van der Waals surface area contributed by atoms with Crippen molar-refractivity contribution in [2.24, 2.45) is 5.73 Å². The molecule has 0 fully saturated rings. The smallest absolute Gasteiger partial charge is 0.327 e. The van der Waals surface area contributed by atoms with E-state index in [2.05, 4.69) is 28.6 Å². The molecule has 3 atom stereocenters. The van der Waals surface area contributed by atoms with Gasteiger partial charge in [-0.15, -0.1) is 0 Å². The second-order valence-electron chi connectivity index (χ2n) is 4.73. The molecule has 0 aliphatic carbocycles. The van der Waals surface area contributed by atoms with Crippen LogP contribution in [0.25, 0.3) is 0 Å². The van der Waals surface area contributed by atoms with Gasteiger partial charge in [-0.1, -0.05) is 0 Å². The minimum atomic E-state index is -1.52. The van der Waals surface area contributed by atoms with Crippen molar-refractivity contribution in [3.05, 3.63) is 0 Å². The third-order valence-electron chi connectivity index (χ3n) is 2.77. The van der Waals surface area contributed by atoms with E-state index >= 15 is 0 Å². The third kappa shape index (κ3) is 7.78. The fraction of sp³-hybridized carbons (Fsp3) is 0.583. The van der Waals surface area contributed by atoms with Gasteiger partial charge in [0, 0.05) is 5.75 Å². The second-order valence-corrected chi connectivity index (χ2v) is 5.10. The molecule has 0 bridgehead atoms. The summed E-state index contributed by atoms with van der Waals surface area (Å²) in [5, 5.41) is 24.1. The number of hydrogen-bond acceptors (Lipinski definition) is 7. The van der Waals surface area contributed by atoms with Crippen LogP contribution in [0.4, 0.5) is 0 Å². The summed E-state index contributed by atoms with van der Waals surface area (Å²) in [6.07, 6.45) is -0.770. The highest BCUT2D eigenvalue weighted by atomic mass is 32.1. The second kappa shape index (κ2) is 10.4. The molecule has 3 unspecified atom stereocenters. The van der Waals surface area contributed by atoms with Crippen molar-refractivity contribution >= 4 is 42.3 Å². The van der Waals surface area contributed by atoms with Gasteiger partial charge in [0.15, 0.2) is 0 Å². The number of nitrogens with two attached hydrogens (primary N) is 1. The lowest BCUT2D eigenvalue weighted by molar-refractivity contribution is -0.143. The van der Waals surface area contributed by atoms with Gasteiger partial charge in [-0.25, -0.2) is 4.79 Å². The monoisotopic (exact) mass is 364 g/mol. The number of amides is 3. The Kier molecular flexibility index (Phi) is 9.42. The van der Waals surface area contributed by atoms with E-state index in [9.17, 15) is 24.0 Å². The van der Waals surface area contributed by atoms with Gasteiger partial charge < -0.3 is 31.9 Å². The van der Waals surface area contributed by atoms with Crippen LogP contribution in [-0.4, -0.2) is 70.3 Å². The van der Waals surface area contributed by atoms with E-state index in [0.29, 0.717) is 0 Å². The summed E-state index contributed by atoms with van der Waals surface area (Å²) in [5.74, 6) is -5.40. The first-order chi connectivity index (χ1) is 11.1. The number of carboxylic acid groups (broad SMARTS) is 2. The summed E-state index contributed by atoms with van der Waals surface area (Å²) < 4.78 is 0. The van der Waals surface area contributed by atoms with E-state index in [1.165, 1.54) is 6.92 Å². The van der Waals surface area contributed by atoms with E-state index in [1.807, 2.05) is 0 Å². The van der Waals surface area contributed by atoms with Crippen LogP contribution in [0.5, 0.6) is 0 Å². The zero-order valence-corrected chi connectivity index (χ0v) is 13.7. The maximum atomic E-state index is 12.0. The summed E-state index contributed by atoms with van der Waals surface area (Å²) in [5.41, 5.74) is 5.09. The maximum Gasteiger partial charge on any atom is 0.327 e. The fourth-order valence-electron chi connectivity index (χ4n) is 1.50. The maximum absolute atomic E-state index is 12.0. The molecule has 0 radical (unpaired) electrons. The summed E-state index contributed by atoms with van der Waals surface area (Å²) in [6, 6.07) is -3.93. The Balaban J connectivity index is 4.96. The first-order valence-corrected chi connectivity index (χ1v) is 7.41. The quantitative estimate of drug-likeness (QED) is 0.198. The predicted octanol–water partition coefficient (Wildman–Crippen LogP) is -3.09. The first-order valence-electron chi connectivity index (χ1n) is 6.78. The van der Waals surface area contributed by atoms with Gasteiger partial charge in [0.05, 0.1) is 13.0 Å². The standard InChI is InChI=1S/C12H20N4O7S/c1-5(14-8(17)3-13)10(20)15-6(2-9(18)19)11(21)16-7(4-24)12(22)23/h5-7,24H,2-4,13H2,1H3,(H,14,17)(H,15,20)(H,16,21)(H,18,19)(H,22,23). The topological polar surface area (TPSA) is 188 Å². The SMILES string of the molecule is CC(NC(=O)CN)C(=O)NC(CC(=O)O)C(=O)NC(CS)C(=O)O. The molecule has 0 aromatic heterocycles. The number of carbonyl (C=O) groups is 5. The molecule has 0 spiro atoms. The average molecular weight is 364 g/mol. The lowest BCUT2D eigenvalue weighted by Gasteiger charge is -2.21. The van der Waals surface area contributed by atoms with Gasteiger partial charge in [0.2, 0.25) is 17.7 Å². The van der Waals surface area contributed by atoms with E-state index in [-0.39, 0.29) is 12.3 Å². The molecule has 3 amide bonds. The number of hydrogen-bond donors (Lipinski definition) is 7. The van der Waals surface area contributed by atoms with Crippen LogP contribution in [0.1, 0.15) is 13.3 Å². The summed E-state index contributed by atoms with van der Waals surface area (Å²) in [4.78, 5) is 56.7.